The summed E-state index contributed by atoms with van der Waals surface area (Å²) in [5, 5.41) is 15.9. The van der Waals surface area contributed by atoms with Gasteiger partial charge in [0, 0.05) is 19.7 Å². The first-order chi connectivity index (χ1) is 14.3. The van der Waals surface area contributed by atoms with Crippen LogP contribution < -0.4 is 4.74 Å². The van der Waals surface area contributed by atoms with Gasteiger partial charge in [0.15, 0.2) is 0 Å². The van der Waals surface area contributed by atoms with E-state index in [0.717, 1.165) is 18.7 Å². The predicted octanol–water partition coefficient (Wildman–Crippen LogP) is 4.45. The molecule has 2 rings (SSSR count). The van der Waals surface area contributed by atoms with Gasteiger partial charge < -0.3 is 24.6 Å². The molecule has 0 aromatic heterocycles. The summed E-state index contributed by atoms with van der Waals surface area (Å²) in [5.41, 5.74) is 0. The fourth-order valence-electron chi connectivity index (χ4n) is 3.31. The molecule has 7 nitrogen and oxygen atoms in total. The third kappa shape index (κ3) is 9.98. The Balaban J connectivity index is 0.000000656. The molecule has 0 unspecified atom stereocenters. The third-order valence-corrected chi connectivity index (χ3v) is 5.73. The monoisotopic (exact) mass is 463 g/mol. The number of carboxylic acids is 2. The maximum absolute atomic E-state index is 9.10. The molecule has 1 aromatic carbocycles. The summed E-state index contributed by atoms with van der Waals surface area (Å²) in [4.78, 5) is 20.7. The Morgan fingerprint density at radius 3 is 2.43 bits per heavy atom. The Bertz CT molecular complexity index is 661. The Morgan fingerprint density at radius 2 is 1.87 bits per heavy atom. The first-order valence-corrected chi connectivity index (χ1v) is 10.8. The summed E-state index contributed by atoms with van der Waals surface area (Å²) in [6.45, 7) is 6.33. The van der Waals surface area contributed by atoms with Gasteiger partial charge in [-0.15, -0.1) is 0 Å². The molecule has 2 N–H and O–H groups in total. The largest absolute Gasteiger partial charge is 0.494 e. The van der Waals surface area contributed by atoms with Crippen LogP contribution in [-0.2, 0) is 14.3 Å². The lowest BCUT2D eigenvalue weighted by atomic mass is 9.91. The van der Waals surface area contributed by atoms with Gasteiger partial charge in [0.25, 0.3) is 0 Å². The highest BCUT2D eigenvalue weighted by Gasteiger charge is 2.28. The Morgan fingerprint density at radius 1 is 1.17 bits per heavy atom. The summed E-state index contributed by atoms with van der Waals surface area (Å²) < 4.78 is 11.6. The van der Waals surface area contributed by atoms with Crippen molar-refractivity contribution < 1.29 is 29.3 Å². The zero-order valence-corrected chi connectivity index (χ0v) is 19.0. The van der Waals surface area contributed by atoms with Crippen LogP contribution in [0.4, 0.5) is 0 Å². The molecule has 1 aliphatic rings. The molecule has 2 atom stereocenters. The van der Waals surface area contributed by atoms with E-state index in [9.17, 15) is 0 Å². The number of piperidine rings is 1. The predicted molar refractivity (Wildman–Crippen MR) is 117 cm³/mol. The van der Waals surface area contributed by atoms with Crippen LogP contribution in [0.5, 0.6) is 5.75 Å². The molecule has 0 aliphatic carbocycles. The van der Waals surface area contributed by atoms with Crippen molar-refractivity contribution in [1.82, 2.24) is 4.90 Å². The van der Waals surface area contributed by atoms with E-state index in [1.54, 1.807) is 12.1 Å². The second-order valence-corrected chi connectivity index (χ2v) is 7.97. The van der Waals surface area contributed by atoms with Crippen LogP contribution in [0.1, 0.15) is 39.0 Å². The number of methoxy groups -OCH3 is 1. The minimum atomic E-state index is -1.82. The van der Waals surface area contributed by atoms with E-state index in [1.807, 2.05) is 13.2 Å². The van der Waals surface area contributed by atoms with Crippen molar-refractivity contribution in [2.45, 2.75) is 45.1 Å². The van der Waals surface area contributed by atoms with Gasteiger partial charge in [0.1, 0.15) is 5.75 Å². The number of likely N-dealkylation sites (tertiary alicyclic amines) is 1. The lowest BCUT2D eigenvalue weighted by Crippen LogP contribution is -2.45. The average Bonchev–Trinajstić information content (AvgIpc) is 2.72. The summed E-state index contributed by atoms with van der Waals surface area (Å²) in [7, 11) is 1.83. The van der Waals surface area contributed by atoms with Gasteiger partial charge in [-0.2, -0.15) is 0 Å². The van der Waals surface area contributed by atoms with E-state index in [1.165, 1.54) is 38.8 Å². The van der Waals surface area contributed by atoms with Gasteiger partial charge in [0.05, 0.1) is 22.8 Å². The van der Waals surface area contributed by atoms with Gasteiger partial charge in [-0.3, -0.25) is 0 Å². The van der Waals surface area contributed by atoms with Crippen molar-refractivity contribution in [3.8, 4) is 5.75 Å². The molecule has 9 heteroatoms. The van der Waals surface area contributed by atoms with Crippen molar-refractivity contribution >= 4 is 35.1 Å². The number of aliphatic carboxylic acids is 2. The SMILES string of the molecule is CCCCCN1CC[C@@H](CCOc2ccc(Cl)c(Cl)c2)[C@@H](OC)C1.O=C(O)C(=O)O. The maximum Gasteiger partial charge on any atom is 0.414 e. The van der Waals surface area contributed by atoms with Gasteiger partial charge in [-0.25, -0.2) is 9.59 Å². The standard InChI is InChI=1S/C19H29Cl2NO2.C2H2O4/c1-3-4-5-10-22-11-8-15(19(14-22)23-2)9-12-24-16-6-7-17(20)18(21)13-16;3-1(4)2(5)6/h6-7,13,15,19H,3-5,8-12,14H2,1-2H3;(H,3,4)(H,5,6)/t15-,19-;/m0./s1. The number of hydrogen-bond acceptors (Lipinski definition) is 5. The number of carboxylic acid groups (broad SMARTS) is 2. The van der Waals surface area contributed by atoms with Crippen LogP contribution in [0.15, 0.2) is 18.2 Å². The first kappa shape index (κ1) is 26.5. The number of unbranched alkanes of at least 4 members (excludes halogenated alkanes) is 2. The normalized spacial score (nSPS) is 18.9. The van der Waals surface area contributed by atoms with Crippen LogP contribution >= 0.6 is 23.2 Å². The fraction of sp³-hybridized carbons (Fsp3) is 0.619. The number of halogens is 2. The third-order valence-electron chi connectivity index (χ3n) is 4.99. The van der Waals surface area contributed by atoms with Crippen molar-refractivity contribution in [2.75, 3.05) is 33.4 Å². The molecule has 30 heavy (non-hydrogen) atoms. The van der Waals surface area contributed by atoms with E-state index in [2.05, 4.69) is 11.8 Å². The molecule has 1 fully saturated rings. The molecule has 0 saturated carbocycles. The summed E-state index contributed by atoms with van der Waals surface area (Å²) in [5.74, 6) is -2.32. The smallest absolute Gasteiger partial charge is 0.414 e. The minimum absolute atomic E-state index is 0.304. The maximum atomic E-state index is 9.10. The molecule has 1 saturated heterocycles. The molecular formula is C21H31Cl2NO6. The van der Waals surface area contributed by atoms with Gasteiger partial charge in [-0.1, -0.05) is 43.0 Å². The summed E-state index contributed by atoms with van der Waals surface area (Å²) in [6, 6.07) is 5.40. The van der Waals surface area contributed by atoms with Crippen LogP contribution in [0.2, 0.25) is 10.0 Å². The fourth-order valence-corrected chi connectivity index (χ4v) is 3.60. The Labute approximate surface area is 187 Å². The number of rotatable bonds is 9. The molecule has 1 aromatic rings. The number of carbonyl (C=O) groups is 2. The lowest BCUT2D eigenvalue weighted by Gasteiger charge is -2.37. The van der Waals surface area contributed by atoms with E-state index >= 15 is 0 Å². The molecule has 1 heterocycles. The Hall–Kier alpha value is -1.54. The van der Waals surface area contributed by atoms with Crippen molar-refractivity contribution in [1.29, 1.82) is 0 Å². The Kier molecular flexibility index (Phi) is 12.8. The van der Waals surface area contributed by atoms with Crippen LogP contribution in [-0.4, -0.2) is 66.5 Å². The van der Waals surface area contributed by atoms with E-state index in [4.69, 9.17) is 52.5 Å². The van der Waals surface area contributed by atoms with Crippen LogP contribution in [0, 0.1) is 5.92 Å². The minimum Gasteiger partial charge on any atom is -0.494 e. The second kappa shape index (κ2) is 14.5. The number of nitrogens with zero attached hydrogens (tertiary/aromatic N) is 1. The van der Waals surface area contributed by atoms with E-state index in [-0.39, 0.29) is 0 Å². The number of ether oxygens (including phenoxy) is 2. The van der Waals surface area contributed by atoms with E-state index in [0.29, 0.717) is 28.7 Å². The van der Waals surface area contributed by atoms with Crippen molar-refractivity contribution in [3.63, 3.8) is 0 Å². The van der Waals surface area contributed by atoms with Crippen molar-refractivity contribution in [3.05, 3.63) is 28.2 Å². The second-order valence-electron chi connectivity index (χ2n) is 7.15. The molecule has 1 aliphatic heterocycles. The molecule has 0 amide bonds. The highest BCUT2D eigenvalue weighted by molar-refractivity contribution is 6.42. The first-order valence-electron chi connectivity index (χ1n) is 10.1. The van der Waals surface area contributed by atoms with Crippen molar-refractivity contribution in [2.24, 2.45) is 5.92 Å². The van der Waals surface area contributed by atoms with Gasteiger partial charge >= 0.3 is 11.9 Å². The summed E-state index contributed by atoms with van der Waals surface area (Å²) in [6.07, 6.45) is 6.36. The highest BCUT2D eigenvalue weighted by atomic mass is 35.5. The van der Waals surface area contributed by atoms with Gasteiger partial charge in [-0.05, 0) is 50.4 Å². The molecular weight excluding hydrogens is 433 g/mol. The topological polar surface area (TPSA) is 96.3 Å². The molecule has 0 spiro atoms. The molecule has 0 bridgehead atoms. The van der Waals surface area contributed by atoms with Crippen LogP contribution in [0.25, 0.3) is 0 Å². The number of benzene rings is 1. The summed E-state index contributed by atoms with van der Waals surface area (Å²) >= 11 is 11.9. The van der Waals surface area contributed by atoms with Crippen LogP contribution in [0.3, 0.4) is 0 Å². The zero-order chi connectivity index (χ0) is 22.5. The lowest BCUT2D eigenvalue weighted by molar-refractivity contribution is -0.159. The molecule has 170 valence electrons. The zero-order valence-electron chi connectivity index (χ0n) is 17.5. The number of hydrogen-bond donors (Lipinski definition) is 2. The highest BCUT2D eigenvalue weighted by Crippen LogP contribution is 2.28. The average molecular weight is 464 g/mol. The quantitative estimate of drug-likeness (QED) is 0.412. The van der Waals surface area contributed by atoms with E-state index < -0.39 is 11.9 Å². The van der Waals surface area contributed by atoms with Gasteiger partial charge in [0.2, 0.25) is 0 Å². The molecule has 0 radical (unpaired) electrons.